The fraction of sp³-hybridized carbons (Fsp3) is 0.500. The molecule has 1 fully saturated rings. The second kappa shape index (κ2) is 5.15. The normalized spacial score (nSPS) is 19.7. The van der Waals surface area contributed by atoms with Crippen LogP contribution < -0.4 is 0 Å². The third-order valence-corrected chi connectivity index (χ3v) is 3.97. The first-order valence-corrected chi connectivity index (χ1v) is 7.07. The molecule has 0 saturated carbocycles. The second-order valence-electron chi connectivity index (χ2n) is 5.14. The molecule has 2 heterocycles. The Hall–Kier alpha value is -1.28. The van der Waals surface area contributed by atoms with E-state index >= 15 is 0 Å². The van der Waals surface area contributed by atoms with Gasteiger partial charge in [0.2, 0.25) is 0 Å². The van der Waals surface area contributed by atoms with Gasteiger partial charge >= 0.3 is 0 Å². The Morgan fingerprint density at radius 3 is 3.06 bits per heavy atom. The van der Waals surface area contributed by atoms with E-state index in [1.54, 1.807) is 0 Å². The third-order valence-electron chi connectivity index (χ3n) is 3.97. The van der Waals surface area contributed by atoms with Crippen molar-refractivity contribution in [1.82, 2.24) is 4.57 Å². The molecule has 0 aliphatic carbocycles. The molecule has 0 amide bonds. The molecule has 2 heteroatoms. The van der Waals surface area contributed by atoms with Crippen molar-refractivity contribution in [2.45, 2.75) is 45.3 Å². The Balaban J connectivity index is 1.82. The fourth-order valence-electron chi connectivity index (χ4n) is 2.97. The average molecular weight is 243 g/mol. The zero-order chi connectivity index (χ0) is 12.4. The average Bonchev–Trinajstić information content (AvgIpc) is 3.05. The summed E-state index contributed by atoms with van der Waals surface area (Å²) in [5.74, 6) is 0. The van der Waals surface area contributed by atoms with Crippen molar-refractivity contribution >= 4 is 10.9 Å². The molecule has 1 aliphatic rings. The van der Waals surface area contributed by atoms with Crippen LogP contribution in [-0.2, 0) is 17.7 Å². The smallest absolute Gasteiger partial charge is 0.0593 e. The van der Waals surface area contributed by atoms with Crippen LogP contribution in [0.1, 0.15) is 31.7 Å². The Kier molecular flexibility index (Phi) is 3.37. The quantitative estimate of drug-likeness (QED) is 0.797. The minimum absolute atomic E-state index is 0.483. The number of fused-ring (bicyclic) bond motifs is 1. The van der Waals surface area contributed by atoms with Gasteiger partial charge in [-0.2, -0.15) is 0 Å². The van der Waals surface area contributed by atoms with Crippen LogP contribution in [0.15, 0.2) is 30.5 Å². The predicted molar refractivity (Wildman–Crippen MR) is 74.9 cm³/mol. The highest BCUT2D eigenvalue weighted by Crippen LogP contribution is 2.23. The third kappa shape index (κ3) is 2.17. The monoisotopic (exact) mass is 243 g/mol. The maximum atomic E-state index is 5.71. The summed E-state index contributed by atoms with van der Waals surface area (Å²) in [5.41, 5.74) is 2.86. The van der Waals surface area contributed by atoms with E-state index < -0.39 is 0 Å². The summed E-state index contributed by atoms with van der Waals surface area (Å²) in [5, 5.41) is 1.36. The lowest BCUT2D eigenvalue weighted by Crippen LogP contribution is -2.09. The molecule has 3 rings (SSSR count). The van der Waals surface area contributed by atoms with Crippen molar-refractivity contribution in [2.75, 3.05) is 6.61 Å². The molecule has 0 bridgehead atoms. The van der Waals surface area contributed by atoms with Gasteiger partial charge in [0.15, 0.2) is 0 Å². The number of aryl methyl sites for hydroxylation is 2. The topological polar surface area (TPSA) is 14.2 Å². The van der Waals surface area contributed by atoms with Gasteiger partial charge in [0, 0.05) is 19.3 Å². The summed E-state index contributed by atoms with van der Waals surface area (Å²) in [6.45, 7) is 4.26. The molecule has 1 unspecified atom stereocenters. The van der Waals surface area contributed by atoms with E-state index in [0.29, 0.717) is 6.10 Å². The summed E-state index contributed by atoms with van der Waals surface area (Å²) >= 11 is 0. The Bertz CT molecular complexity index is 523. The van der Waals surface area contributed by atoms with Crippen LogP contribution in [0.5, 0.6) is 0 Å². The summed E-state index contributed by atoms with van der Waals surface area (Å²) in [6.07, 6.45) is 7.41. The SMILES string of the molecule is CCc1cccc2ccn(CCC3CCCO3)c12. The van der Waals surface area contributed by atoms with Crippen LogP contribution in [-0.4, -0.2) is 17.3 Å². The van der Waals surface area contributed by atoms with Crippen LogP contribution in [0, 0.1) is 0 Å². The van der Waals surface area contributed by atoms with Crippen molar-refractivity contribution in [2.24, 2.45) is 0 Å². The minimum Gasteiger partial charge on any atom is -0.378 e. The fourth-order valence-corrected chi connectivity index (χ4v) is 2.97. The number of aromatic nitrogens is 1. The van der Waals surface area contributed by atoms with Gasteiger partial charge in [-0.3, -0.25) is 0 Å². The second-order valence-corrected chi connectivity index (χ2v) is 5.14. The number of benzene rings is 1. The van der Waals surface area contributed by atoms with E-state index in [0.717, 1.165) is 26.0 Å². The van der Waals surface area contributed by atoms with Crippen LogP contribution in [0.4, 0.5) is 0 Å². The Morgan fingerprint density at radius 2 is 2.28 bits per heavy atom. The maximum absolute atomic E-state index is 5.71. The van der Waals surface area contributed by atoms with Gasteiger partial charge in [0.1, 0.15) is 0 Å². The first-order valence-electron chi connectivity index (χ1n) is 7.07. The van der Waals surface area contributed by atoms with Crippen LogP contribution in [0.3, 0.4) is 0 Å². The zero-order valence-electron chi connectivity index (χ0n) is 11.1. The van der Waals surface area contributed by atoms with Gasteiger partial charge in [0.05, 0.1) is 11.6 Å². The molecular formula is C16H21NO. The highest BCUT2D eigenvalue weighted by Gasteiger charge is 2.15. The summed E-state index contributed by atoms with van der Waals surface area (Å²) in [4.78, 5) is 0. The maximum Gasteiger partial charge on any atom is 0.0593 e. The molecule has 0 N–H and O–H groups in total. The predicted octanol–water partition coefficient (Wildman–Crippen LogP) is 3.77. The molecular weight excluding hydrogens is 222 g/mol. The minimum atomic E-state index is 0.483. The van der Waals surface area contributed by atoms with Gasteiger partial charge in [-0.1, -0.05) is 25.1 Å². The highest BCUT2D eigenvalue weighted by molar-refractivity contribution is 5.83. The zero-order valence-corrected chi connectivity index (χ0v) is 11.1. The number of ether oxygens (including phenoxy) is 1. The van der Waals surface area contributed by atoms with Crippen molar-refractivity contribution in [1.29, 1.82) is 0 Å². The molecule has 0 radical (unpaired) electrons. The van der Waals surface area contributed by atoms with Crippen LogP contribution >= 0.6 is 0 Å². The van der Waals surface area contributed by atoms with E-state index in [-0.39, 0.29) is 0 Å². The van der Waals surface area contributed by atoms with E-state index in [4.69, 9.17) is 4.74 Å². The summed E-state index contributed by atoms with van der Waals surface area (Å²) < 4.78 is 8.11. The van der Waals surface area contributed by atoms with Crippen LogP contribution in [0.2, 0.25) is 0 Å². The highest BCUT2D eigenvalue weighted by atomic mass is 16.5. The van der Waals surface area contributed by atoms with Gasteiger partial charge < -0.3 is 9.30 Å². The Morgan fingerprint density at radius 1 is 1.33 bits per heavy atom. The summed E-state index contributed by atoms with van der Waals surface area (Å²) in [7, 11) is 0. The first kappa shape index (κ1) is 11.8. The molecule has 1 aromatic carbocycles. The van der Waals surface area contributed by atoms with Crippen LogP contribution in [0.25, 0.3) is 10.9 Å². The standard InChI is InChI=1S/C16H21NO/c1-2-13-5-3-6-14-8-10-17(16(13)14)11-9-15-7-4-12-18-15/h3,5-6,8,10,15H,2,4,7,9,11-12H2,1H3. The number of para-hydroxylation sites is 1. The molecule has 1 aliphatic heterocycles. The van der Waals surface area contributed by atoms with Gasteiger partial charge in [-0.25, -0.2) is 0 Å². The Labute approximate surface area is 109 Å². The van der Waals surface area contributed by atoms with Gasteiger partial charge in [-0.15, -0.1) is 0 Å². The lowest BCUT2D eigenvalue weighted by molar-refractivity contribution is 0.101. The van der Waals surface area contributed by atoms with Crippen molar-refractivity contribution in [3.63, 3.8) is 0 Å². The molecule has 0 spiro atoms. The number of hydrogen-bond donors (Lipinski definition) is 0. The molecule has 2 nitrogen and oxygen atoms in total. The number of nitrogens with zero attached hydrogens (tertiary/aromatic N) is 1. The summed E-state index contributed by atoms with van der Waals surface area (Å²) in [6, 6.07) is 8.83. The first-order chi connectivity index (χ1) is 8.88. The lowest BCUT2D eigenvalue weighted by Gasteiger charge is -2.12. The van der Waals surface area contributed by atoms with Crippen molar-refractivity contribution in [3.05, 3.63) is 36.0 Å². The number of hydrogen-bond acceptors (Lipinski definition) is 1. The van der Waals surface area contributed by atoms with E-state index in [1.807, 2.05) is 0 Å². The van der Waals surface area contributed by atoms with E-state index in [2.05, 4.69) is 42.0 Å². The van der Waals surface area contributed by atoms with Gasteiger partial charge in [0.25, 0.3) is 0 Å². The molecule has 96 valence electrons. The van der Waals surface area contributed by atoms with E-state index in [9.17, 15) is 0 Å². The molecule has 2 aromatic rings. The lowest BCUT2D eigenvalue weighted by atomic mass is 10.1. The van der Waals surface area contributed by atoms with Crippen molar-refractivity contribution in [3.8, 4) is 0 Å². The van der Waals surface area contributed by atoms with Gasteiger partial charge in [-0.05, 0) is 42.7 Å². The molecule has 1 atom stereocenters. The molecule has 1 aromatic heterocycles. The molecule has 18 heavy (non-hydrogen) atoms. The van der Waals surface area contributed by atoms with E-state index in [1.165, 1.54) is 29.3 Å². The van der Waals surface area contributed by atoms with Crippen molar-refractivity contribution < 1.29 is 4.74 Å². The molecule has 1 saturated heterocycles. The largest absolute Gasteiger partial charge is 0.378 e. The number of rotatable bonds is 4.